The quantitative estimate of drug-likeness (QED) is 0.298. The second-order valence-electron chi connectivity index (χ2n) is 3.19. The lowest BCUT2D eigenvalue weighted by molar-refractivity contribution is 0.0808. The molecule has 0 saturated carbocycles. The SMILES string of the molecule is CCC(CC(N)=NO)N(C)CC(F)F. The summed E-state index contributed by atoms with van der Waals surface area (Å²) < 4.78 is 24.1. The fourth-order valence-electron chi connectivity index (χ4n) is 1.26. The molecule has 0 rings (SSSR count). The second kappa shape index (κ2) is 6.53. The van der Waals surface area contributed by atoms with Gasteiger partial charge in [-0.25, -0.2) is 8.78 Å². The zero-order valence-corrected chi connectivity index (χ0v) is 8.45. The van der Waals surface area contributed by atoms with E-state index >= 15 is 0 Å². The minimum absolute atomic E-state index is 0.0676. The van der Waals surface area contributed by atoms with E-state index in [9.17, 15) is 8.78 Å². The van der Waals surface area contributed by atoms with Crippen LogP contribution in [0.4, 0.5) is 8.78 Å². The molecule has 1 atom stereocenters. The van der Waals surface area contributed by atoms with Gasteiger partial charge in [0.2, 0.25) is 0 Å². The molecule has 3 N–H and O–H groups in total. The van der Waals surface area contributed by atoms with Gasteiger partial charge >= 0.3 is 0 Å². The van der Waals surface area contributed by atoms with E-state index in [0.717, 1.165) is 0 Å². The molecule has 0 aliphatic heterocycles. The van der Waals surface area contributed by atoms with Crippen molar-refractivity contribution in [1.29, 1.82) is 0 Å². The molecule has 0 spiro atoms. The molecule has 6 heteroatoms. The Morgan fingerprint density at radius 2 is 2.14 bits per heavy atom. The normalized spacial score (nSPS) is 15.1. The summed E-state index contributed by atoms with van der Waals surface area (Å²) in [4.78, 5) is 1.52. The third-order valence-corrected chi connectivity index (χ3v) is 2.09. The molecular weight excluding hydrogens is 192 g/mol. The molecule has 0 saturated heterocycles. The van der Waals surface area contributed by atoms with Crippen LogP contribution in [0.5, 0.6) is 0 Å². The fourth-order valence-corrected chi connectivity index (χ4v) is 1.26. The molecule has 0 radical (unpaired) electrons. The monoisotopic (exact) mass is 209 g/mol. The van der Waals surface area contributed by atoms with Crippen molar-refractivity contribution in [3.8, 4) is 0 Å². The Kier molecular flexibility index (Phi) is 6.11. The topological polar surface area (TPSA) is 61.9 Å². The number of alkyl halides is 2. The fraction of sp³-hybridized carbons (Fsp3) is 0.875. The van der Waals surface area contributed by atoms with Crippen LogP contribution in [0, 0.1) is 0 Å². The van der Waals surface area contributed by atoms with Crippen LogP contribution in [0.1, 0.15) is 19.8 Å². The van der Waals surface area contributed by atoms with E-state index in [4.69, 9.17) is 10.9 Å². The number of rotatable bonds is 6. The molecule has 0 aromatic rings. The summed E-state index contributed by atoms with van der Waals surface area (Å²) in [7, 11) is 1.60. The zero-order chi connectivity index (χ0) is 11.1. The molecule has 0 bridgehead atoms. The van der Waals surface area contributed by atoms with Crippen LogP contribution in [-0.2, 0) is 0 Å². The molecule has 84 valence electrons. The van der Waals surface area contributed by atoms with Gasteiger partial charge < -0.3 is 10.9 Å². The van der Waals surface area contributed by atoms with Crippen LogP contribution in [0.25, 0.3) is 0 Å². The standard InChI is InChI=1S/C8H17F2N3O/c1-3-6(4-8(11)12-14)13(2)5-7(9)10/h6-7,14H,3-5H2,1-2H3,(H2,11,12). The third kappa shape index (κ3) is 4.96. The molecule has 0 amide bonds. The van der Waals surface area contributed by atoms with Gasteiger partial charge in [-0.05, 0) is 13.5 Å². The maximum absolute atomic E-state index is 12.0. The lowest BCUT2D eigenvalue weighted by Gasteiger charge is -2.26. The number of nitrogens with zero attached hydrogens (tertiary/aromatic N) is 2. The third-order valence-electron chi connectivity index (χ3n) is 2.09. The molecule has 1 unspecified atom stereocenters. The second-order valence-corrected chi connectivity index (χ2v) is 3.19. The summed E-state index contributed by atoms with van der Waals surface area (Å²) in [6.07, 6.45) is -1.38. The average molecular weight is 209 g/mol. The van der Waals surface area contributed by atoms with Crippen molar-refractivity contribution in [3.05, 3.63) is 0 Å². The highest BCUT2D eigenvalue weighted by Crippen LogP contribution is 2.08. The molecular formula is C8H17F2N3O. The Labute approximate surface area is 82.4 Å². The maximum atomic E-state index is 12.0. The van der Waals surface area contributed by atoms with E-state index < -0.39 is 6.43 Å². The predicted octanol–water partition coefficient (Wildman–Crippen LogP) is 1.10. The number of nitrogens with two attached hydrogens (primary N) is 1. The van der Waals surface area contributed by atoms with Crippen molar-refractivity contribution in [3.63, 3.8) is 0 Å². The molecule has 0 aliphatic rings. The van der Waals surface area contributed by atoms with Crippen LogP contribution in [0.15, 0.2) is 5.16 Å². The van der Waals surface area contributed by atoms with Gasteiger partial charge in [0.15, 0.2) is 0 Å². The minimum atomic E-state index is -2.36. The summed E-state index contributed by atoms with van der Waals surface area (Å²) in [5.74, 6) is 0.0676. The lowest BCUT2D eigenvalue weighted by Crippen LogP contribution is -2.37. The van der Waals surface area contributed by atoms with Crippen molar-refractivity contribution in [2.45, 2.75) is 32.2 Å². The number of hydrogen-bond acceptors (Lipinski definition) is 3. The molecule has 0 aromatic heterocycles. The number of oxime groups is 1. The van der Waals surface area contributed by atoms with Gasteiger partial charge in [0.05, 0.1) is 6.54 Å². The van der Waals surface area contributed by atoms with Gasteiger partial charge in [-0.2, -0.15) is 0 Å². The van der Waals surface area contributed by atoms with Crippen LogP contribution in [-0.4, -0.2) is 42.0 Å². The first-order chi connectivity index (χ1) is 6.51. The largest absolute Gasteiger partial charge is 0.409 e. The van der Waals surface area contributed by atoms with E-state index in [1.165, 1.54) is 4.90 Å². The molecule has 14 heavy (non-hydrogen) atoms. The molecule has 0 heterocycles. The highest BCUT2D eigenvalue weighted by atomic mass is 19.3. The summed E-state index contributed by atoms with van der Waals surface area (Å²) in [5.41, 5.74) is 5.30. The van der Waals surface area contributed by atoms with E-state index in [1.807, 2.05) is 6.92 Å². The first kappa shape index (κ1) is 13.1. The summed E-state index contributed by atoms with van der Waals surface area (Å²) >= 11 is 0. The Balaban J connectivity index is 4.11. The first-order valence-corrected chi connectivity index (χ1v) is 4.46. The summed E-state index contributed by atoms with van der Waals surface area (Å²) in [5, 5.41) is 11.2. The van der Waals surface area contributed by atoms with Crippen LogP contribution in [0.2, 0.25) is 0 Å². The van der Waals surface area contributed by atoms with E-state index in [2.05, 4.69) is 5.16 Å². The first-order valence-electron chi connectivity index (χ1n) is 4.46. The van der Waals surface area contributed by atoms with E-state index in [0.29, 0.717) is 12.8 Å². The maximum Gasteiger partial charge on any atom is 0.251 e. The van der Waals surface area contributed by atoms with Crippen molar-refractivity contribution in [1.82, 2.24) is 4.90 Å². The van der Waals surface area contributed by atoms with Gasteiger partial charge in [0, 0.05) is 12.5 Å². The van der Waals surface area contributed by atoms with Crippen LogP contribution >= 0.6 is 0 Å². The number of hydrogen-bond donors (Lipinski definition) is 2. The van der Waals surface area contributed by atoms with E-state index in [-0.39, 0.29) is 18.4 Å². The lowest BCUT2D eigenvalue weighted by atomic mass is 10.1. The van der Waals surface area contributed by atoms with Crippen molar-refractivity contribution < 1.29 is 14.0 Å². The Morgan fingerprint density at radius 1 is 1.57 bits per heavy atom. The minimum Gasteiger partial charge on any atom is -0.409 e. The molecule has 0 aromatic carbocycles. The Morgan fingerprint density at radius 3 is 2.50 bits per heavy atom. The molecule has 4 nitrogen and oxygen atoms in total. The van der Waals surface area contributed by atoms with Crippen molar-refractivity contribution >= 4 is 5.84 Å². The number of halogens is 2. The summed E-state index contributed by atoms with van der Waals surface area (Å²) in [6, 6.07) is -0.111. The highest BCUT2D eigenvalue weighted by Gasteiger charge is 2.17. The Bertz CT molecular complexity index is 187. The summed E-state index contributed by atoms with van der Waals surface area (Å²) in [6.45, 7) is 1.58. The van der Waals surface area contributed by atoms with Crippen LogP contribution in [0.3, 0.4) is 0 Å². The van der Waals surface area contributed by atoms with Gasteiger partial charge in [0.1, 0.15) is 5.84 Å². The van der Waals surface area contributed by atoms with Gasteiger partial charge in [-0.1, -0.05) is 12.1 Å². The molecule has 0 fully saturated rings. The average Bonchev–Trinajstić information content (AvgIpc) is 2.12. The van der Waals surface area contributed by atoms with Crippen molar-refractivity contribution in [2.75, 3.05) is 13.6 Å². The highest BCUT2D eigenvalue weighted by molar-refractivity contribution is 5.80. The smallest absolute Gasteiger partial charge is 0.251 e. The van der Waals surface area contributed by atoms with Gasteiger partial charge in [0.25, 0.3) is 6.43 Å². The predicted molar refractivity (Wildman–Crippen MR) is 50.7 cm³/mol. The van der Waals surface area contributed by atoms with Crippen LogP contribution < -0.4 is 5.73 Å². The molecule has 0 aliphatic carbocycles. The van der Waals surface area contributed by atoms with Crippen molar-refractivity contribution in [2.24, 2.45) is 10.9 Å². The Hall–Kier alpha value is -0.910. The number of amidine groups is 1. The van der Waals surface area contributed by atoms with Gasteiger partial charge in [-0.3, -0.25) is 4.90 Å². The zero-order valence-electron chi connectivity index (χ0n) is 8.45. The van der Waals surface area contributed by atoms with E-state index in [1.54, 1.807) is 7.05 Å². The van der Waals surface area contributed by atoms with Gasteiger partial charge in [-0.15, -0.1) is 0 Å².